The molecule has 1 atom stereocenters. The number of nitrogens with zero attached hydrogens (tertiary/aromatic N) is 4. The van der Waals surface area contributed by atoms with E-state index in [4.69, 9.17) is 19.2 Å². The molecule has 1 saturated heterocycles. The molecule has 1 amide bonds. The number of piperidine rings is 1. The van der Waals surface area contributed by atoms with Gasteiger partial charge in [0.05, 0.1) is 7.11 Å². The molecule has 0 bridgehead atoms. The topological polar surface area (TPSA) is 140 Å². The third-order valence-electron chi connectivity index (χ3n) is 8.08. The molecular weight excluding hydrogens is 586 g/mol. The molecule has 0 radical (unpaired) electrons. The summed E-state index contributed by atoms with van der Waals surface area (Å²) in [6.07, 6.45) is 3.37. The molecule has 0 saturated carbocycles. The van der Waals surface area contributed by atoms with Crippen LogP contribution in [0.2, 0.25) is 0 Å². The van der Waals surface area contributed by atoms with E-state index < -0.39 is 23.7 Å². The zero-order valence-electron chi connectivity index (χ0n) is 27.4. The Balaban J connectivity index is 1.26. The van der Waals surface area contributed by atoms with Crippen molar-refractivity contribution in [1.29, 1.82) is 0 Å². The monoisotopic (exact) mass is 631 g/mol. The first-order valence-corrected chi connectivity index (χ1v) is 15.9. The maximum atomic E-state index is 13.1. The van der Waals surface area contributed by atoms with Crippen LogP contribution in [0.25, 0.3) is 0 Å². The van der Waals surface area contributed by atoms with Gasteiger partial charge in [-0.2, -0.15) is 9.97 Å². The van der Waals surface area contributed by atoms with Gasteiger partial charge in [-0.1, -0.05) is 36.4 Å². The first-order chi connectivity index (χ1) is 22.1. The van der Waals surface area contributed by atoms with Crippen LogP contribution in [0.5, 0.6) is 6.01 Å². The van der Waals surface area contributed by atoms with Gasteiger partial charge in [-0.3, -0.25) is 0 Å². The lowest BCUT2D eigenvalue weighted by molar-refractivity contribution is -0.156. The van der Waals surface area contributed by atoms with Crippen LogP contribution >= 0.6 is 0 Å². The van der Waals surface area contributed by atoms with Crippen molar-refractivity contribution >= 4 is 29.5 Å². The lowest BCUT2D eigenvalue weighted by Crippen LogP contribution is -2.48. The maximum Gasteiger partial charge on any atom is 0.408 e. The van der Waals surface area contributed by atoms with Gasteiger partial charge in [0.1, 0.15) is 35.7 Å². The molecule has 12 heteroatoms. The van der Waals surface area contributed by atoms with E-state index in [1.807, 2.05) is 37.3 Å². The summed E-state index contributed by atoms with van der Waals surface area (Å²) in [4.78, 5) is 42.2. The molecule has 246 valence electrons. The minimum Gasteiger partial charge on any atom is -0.467 e. The number of carbonyl (C=O) groups excluding carboxylic acids is 2. The second-order valence-corrected chi connectivity index (χ2v) is 12.7. The smallest absolute Gasteiger partial charge is 0.408 e. The number of amides is 1. The van der Waals surface area contributed by atoms with E-state index in [0.29, 0.717) is 11.7 Å². The Hall–Kier alpha value is -4.61. The normalized spacial score (nSPS) is 15.6. The van der Waals surface area contributed by atoms with E-state index >= 15 is 0 Å². The predicted molar refractivity (Wildman–Crippen MR) is 176 cm³/mol. The number of hydrogen-bond acceptors (Lipinski definition) is 11. The maximum absolute atomic E-state index is 13.1. The van der Waals surface area contributed by atoms with E-state index in [1.165, 1.54) is 12.7 Å². The van der Waals surface area contributed by atoms with Gasteiger partial charge in [-0.05, 0) is 70.6 Å². The second-order valence-electron chi connectivity index (χ2n) is 12.7. The highest BCUT2D eigenvalue weighted by Crippen LogP contribution is 2.34. The zero-order chi connectivity index (χ0) is 32.7. The summed E-state index contributed by atoms with van der Waals surface area (Å²) in [6.45, 7) is 9.91. The number of aryl methyl sites for hydroxylation is 1. The molecule has 0 aliphatic carbocycles. The second kappa shape index (κ2) is 14.7. The fourth-order valence-electron chi connectivity index (χ4n) is 5.69. The molecule has 2 aliphatic rings. The fourth-order valence-corrected chi connectivity index (χ4v) is 5.69. The minimum absolute atomic E-state index is 0.00983. The van der Waals surface area contributed by atoms with Gasteiger partial charge in [-0.25, -0.2) is 14.6 Å². The van der Waals surface area contributed by atoms with E-state index in [2.05, 4.69) is 43.0 Å². The molecule has 3 N–H and O–H groups in total. The molecule has 1 aromatic carbocycles. The summed E-state index contributed by atoms with van der Waals surface area (Å²) >= 11 is 0. The fraction of sp³-hybridized carbons (Fsp3) is 0.500. The largest absolute Gasteiger partial charge is 0.467 e. The summed E-state index contributed by atoms with van der Waals surface area (Å²) in [5, 5.41) is 9.33. The molecule has 1 fully saturated rings. The third-order valence-corrected chi connectivity index (χ3v) is 8.08. The number of alkyl carbamates (subject to hydrolysis) is 1. The van der Waals surface area contributed by atoms with Gasteiger partial charge < -0.3 is 35.1 Å². The number of fused-ring (bicyclic) bond motifs is 1. The third kappa shape index (κ3) is 8.55. The molecule has 0 spiro atoms. The number of anilines is 3. The molecule has 4 heterocycles. The number of ether oxygens (including phenoxy) is 3. The van der Waals surface area contributed by atoms with E-state index in [-0.39, 0.29) is 19.2 Å². The Morgan fingerprint density at radius 3 is 2.54 bits per heavy atom. The van der Waals surface area contributed by atoms with Gasteiger partial charge in [0.2, 0.25) is 0 Å². The number of methoxy groups -OCH3 is 1. The van der Waals surface area contributed by atoms with E-state index in [1.54, 1.807) is 20.8 Å². The number of rotatable bonds is 10. The minimum atomic E-state index is -1.04. The quantitative estimate of drug-likeness (QED) is 0.261. The lowest BCUT2D eigenvalue weighted by atomic mass is 9.92. The summed E-state index contributed by atoms with van der Waals surface area (Å²) in [6, 6.07) is 12.9. The van der Waals surface area contributed by atoms with Crippen LogP contribution in [0.4, 0.5) is 22.2 Å². The van der Waals surface area contributed by atoms with Crippen molar-refractivity contribution in [3.63, 3.8) is 0 Å². The number of aromatic nitrogens is 3. The lowest BCUT2D eigenvalue weighted by Gasteiger charge is -2.34. The first-order valence-electron chi connectivity index (χ1n) is 15.9. The van der Waals surface area contributed by atoms with Gasteiger partial charge >= 0.3 is 18.1 Å². The van der Waals surface area contributed by atoms with Crippen molar-refractivity contribution in [2.75, 3.05) is 48.8 Å². The number of nitrogens with one attached hydrogen (secondary N) is 3. The summed E-state index contributed by atoms with van der Waals surface area (Å²) in [7, 11) is 1.52. The van der Waals surface area contributed by atoms with Crippen molar-refractivity contribution < 1.29 is 23.8 Å². The summed E-state index contributed by atoms with van der Waals surface area (Å²) in [5.74, 6) is 2.07. The number of esters is 1. The Labute approximate surface area is 270 Å². The van der Waals surface area contributed by atoms with Crippen molar-refractivity contribution in [1.82, 2.24) is 20.3 Å². The first kappa shape index (κ1) is 32.8. The average molecular weight is 632 g/mol. The highest BCUT2D eigenvalue weighted by molar-refractivity contribution is 5.82. The Morgan fingerprint density at radius 1 is 1.07 bits per heavy atom. The Kier molecular flexibility index (Phi) is 10.4. The molecule has 12 nitrogen and oxygen atoms in total. The Morgan fingerprint density at radius 2 is 1.83 bits per heavy atom. The van der Waals surface area contributed by atoms with Crippen LogP contribution in [0, 0.1) is 6.92 Å². The zero-order valence-corrected chi connectivity index (χ0v) is 27.4. The average Bonchev–Trinajstić information content (AvgIpc) is 3.05. The van der Waals surface area contributed by atoms with Crippen molar-refractivity contribution in [3.8, 4) is 6.01 Å². The SMILES string of the molecule is COc1nc(NCC(NC(=O)OCc2ccccc2)C(=O)OC(C)(C)C)c(C)c(N2CCC(c3ccc4c(n3)NCCC4)CC2)n1. The van der Waals surface area contributed by atoms with Crippen molar-refractivity contribution in [2.24, 2.45) is 0 Å². The van der Waals surface area contributed by atoms with Gasteiger partial charge in [0.15, 0.2) is 0 Å². The highest BCUT2D eigenvalue weighted by atomic mass is 16.6. The summed E-state index contributed by atoms with van der Waals surface area (Å²) in [5.41, 5.74) is 3.33. The van der Waals surface area contributed by atoms with Gasteiger partial charge in [0, 0.05) is 43.4 Å². The Bertz CT molecular complexity index is 1500. The molecular formula is C34H45N7O5. The standard InChI is InChI=1S/C34H45N7O5/c1-22-28(36-20-27(31(42)46-34(2,3)4)38-33(43)45-21-23-10-7-6-8-11-23)39-32(44-5)40-30(22)41-18-15-24(16-19-41)26-14-13-25-12-9-17-35-29(25)37-26/h6-8,10-11,13-14,24,27H,9,12,15-21H2,1-5H3,(H,35,37)(H,38,43)(H,36,39,40). The van der Waals surface area contributed by atoms with Crippen LogP contribution in [-0.4, -0.2) is 71.9 Å². The number of pyridine rings is 1. The molecule has 46 heavy (non-hydrogen) atoms. The molecule has 2 aliphatic heterocycles. The van der Waals surface area contributed by atoms with E-state index in [9.17, 15) is 9.59 Å². The van der Waals surface area contributed by atoms with Gasteiger partial charge in [-0.15, -0.1) is 0 Å². The van der Waals surface area contributed by atoms with E-state index in [0.717, 1.165) is 73.8 Å². The van der Waals surface area contributed by atoms with Crippen LogP contribution in [-0.2, 0) is 27.3 Å². The molecule has 2 aromatic heterocycles. The van der Waals surface area contributed by atoms with Crippen LogP contribution in [0.3, 0.4) is 0 Å². The van der Waals surface area contributed by atoms with Crippen LogP contribution in [0.1, 0.15) is 68.3 Å². The molecule has 5 rings (SSSR count). The van der Waals surface area contributed by atoms with Gasteiger partial charge in [0.25, 0.3) is 0 Å². The number of benzene rings is 1. The summed E-state index contributed by atoms with van der Waals surface area (Å²) < 4.78 is 16.4. The molecule has 1 unspecified atom stereocenters. The number of carbonyl (C=O) groups is 2. The van der Waals surface area contributed by atoms with Crippen LogP contribution in [0.15, 0.2) is 42.5 Å². The van der Waals surface area contributed by atoms with Crippen molar-refractivity contribution in [2.45, 2.75) is 77.5 Å². The van der Waals surface area contributed by atoms with Crippen LogP contribution < -0.4 is 25.6 Å². The molecule has 3 aromatic rings. The highest BCUT2D eigenvalue weighted by Gasteiger charge is 2.29. The predicted octanol–water partition coefficient (Wildman–Crippen LogP) is 4.98. The number of hydrogen-bond donors (Lipinski definition) is 3. The van der Waals surface area contributed by atoms with Crippen molar-refractivity contribution in [3.05, 3.63) is 64.8 Å².